The van der Waals surface area contributed by atoms with E-state index in [0.29, 0.717) is 6.42 Å². The van der Waals surface area contributed by atoms with Gasteiger partial charge in [-0.2, -0.15) is 0 Å². The number of hydrogen-bond donors (Lipinski definition) is 1. The molecule has 0 aliphatic rings. The van der Waals surface area contributed by atoms with Crippen LogP contribution in [-0.2, 0) is 4.79 Å². The molecule has 0 heterocycles. The molecule has 0 aromatic carbocycles. The number of rotatable bonds is 16. The summed E-state index contributed by atoms with van der Waals surface area (Å²) < 4.78 is 0. The number of hydrogen-bond acceptors (Lipinski definition) is 1. The molecular weight excluding hydrogens is 272 g/mol. The average molecular weight is 309 g/mol. The summed E-state index contributed by atoms with van der Waals surface area (Å²) in [5, 5.41) is 8.52. The lowest BCUT2D eigenvalue weighted by molar-refractivity contribution is -0.137. The second kappa shape index (κ2) is 18.0. The topological polar surface area (TPSA) is 37.3 Å². The molecule has 0 rings (SSSR count). The number of carboxylic acid groups (broad SMARTS) is 1. The van der Waals surface area contributed by atoms with Gasteiger partial charge >= 0.3 is 5.97 Å². The average Bonchev–Trinajstić information content (AvgIpc) is 2.50. The molecule has 0 aromatic rings. The van der Waals surface area contributed by atoms with Gasteiger partial charge in [0.25, 0.3) is 0 Å². The zero-order valence-corrected chi connectivity index (χ0v) is 14.6. The van der Waals surface area contributed by atoms with Crippen LogP contribution < -0.4 is 0 Å². The SMILES string of the molecule is CCCCCCCC/C=C/CC/C=C/CCCCCC(=O)O. The quantitative estimate of drug-likeness (QED) is 0.255. The first-order valence-electron chi connectivity index (χ1n) is 9.29. The fourth-order valence-electron chi connectivity index (χ4n) is 2.42. The van der Waals surface area contributed by atoms with Gasteiger partial charge in [-0.1, -0.05) is 69.8 Å². The number of carbonyl (C=O) groups is 1. The molecule has 0 aliphatic carbocycles. The zero-order chi connectivity index (χ0) is 16.3. The maximum absolute atomic E-state index is 10.3. The van der Waals surface area contributed by atoms with Crippen LogP contribution in [0.4, 0.5) is 0 Å². The molecule has 1 N–H and O–H groups in total. The molecule has 0 spiro atoms. The molecular formula is C20H36O2. The van der Waals surface area contributed by atoms with Gasteiger partial charge in [0.1, 0.15) is 0 Å². The molecule has 0 aliphatic heterocycles. The second-order valence-electron chi connectivity index (χ2n) is 6.07. The van der Waals surface area contributed by atoms with E-state index in [4.69, 9.17) is 5.11 Å². The predicted octanol–water partition coefficient (Wildman–Crippen LogP) is 6.66. The van der Waals surface area contributed by atoms with Crippen molar-refractivity contribution in [3.8, 4) is 0 Å². The van der Waals surface area contributed by atoms with Gasteiger partial charge in [-0.25, -0.2) is 0 Å². The van der Waals surface area contributed by atoms with Crippen molar-refractivity contribution >= 4 is 5.97 Å². The van der Waals surface area contributed by atoms with Gasteiger partial charge in [-0.15, -0.1) is 0 Å². The summed E-state index contributed by atoms with van der Waals surface area (Å²) >= 11 is 0. The van der Waals surface area contributed by atoms with Crippen molar-refractivity contribution in [3.63, 3.8) is 0 Å². The molecule has 0 radical (unpaired) electrons. The Morgan fingerprint density at radius 1 is 0.682 bits per heavy atom. The van der Waals surface area contributed by atoms with Gasteiger partial charge in [-0.05, 0) is 44.9 Å². The minimum absolute atomic E-state index is 0.313. The normalized spacial score (nSPS) is 11.7. The van der Waals surface area contributed by atoms with Crippen LogP contribution in [0.25, 0.3) is 0 Å². The van der Waals surface area contributed by atoms with E-state index in [1.165, 1.54) is 44.9 Å². The van der Waals surface area contributed by atoms with Crippen LogP contribution in [0.5, 0.6) is 0 Å². The van der Waals surface area contributed by atoms with Gasteiger partial charge in [0.2, 0.25) is 0 Å². The monoisotopic (exact) mass is 308 g/mol. The lowest BCUT2D eigenvalue weighted by Gasteiger charge is -1.97. The molecule has 0 aromatic heterocycles. The van der Waals surface area contributed by atoms with E-state index in [9.17, 15) is 4.79 Å². The van der Waals surface area contributed by atoms with Crippen LogP contribution in [-0.4, -0.2) is 11.1 Å². The summed E-state index contributed by atoms with van der Waals surface area (Å²) in [7, 11) is 0. The number of aliphatic carboxylic acids is 1. The summed E-state index contributed by atoms with van der Waals surface area (Å²) in [5.41, 5.74) is 0. The lowest BCUT2D eigenvalue weighted by Crippen LogP contribution is -1.93. The maximum atomic E-state index is 10.3. The van der Waals surface area contributed by atoms with E-state index in [2.05, 4.69) is 31.2 Å². The van der Waals surface area contributed by atoms with E-state index in [1.54, 1.807) is 0 Å². The third-order valence-electron chi connectivity index (χ3n) is 3.82. The predicted molar refractivity (Wildman–Crippen MR) is 96.2 cm³/mol. The Balaban J connectivity index is 3.18. The summed E-state index contributed by atoms with van der Waals surface area (Å²) in [6, 6.07) is 0. The van der Waals surface area contributed by atoms with Crippen molar-refractivity contribution in [2.75, 3.05) is 0 Å². The number of carboxylic acids is 1. The first-order chi connectivity index (χ1) is 10.8. The zero-order valence-electron chi connectivity index (χ0n) is 14.6. The molecule has 0 saturated carbocycles. The first-order valence-corrected chi connectivity index (χ1v) is 9.29. The van der Waals surface area contributed by atoms with Crippen molar-refractivity contribution in [1.82, 2.24) is 0 Å². The van der Waals surface area contributed by atoms with Gasteiger partial charge in [0, 0.05) is 6.42 Å². The fraction of sp³-hybridized carbons (Fsp3) is 0.750. The third kappa shape index (κ3) is 18.9. The smallest absolute Gasteiger partial charge is 0.303 e. The fourth-order valence-corrected chi connectivity index (χ4v) is 2.42. The molecule has 0 fully saturated rings. The van der Waals surface area contributed by atoms with Crippen molar-refractivity contribution in [1.29, 1.82) is 0 Å². The Labute approximate surface area is 137 Å². The Kier molecular flexibility index (Phi) is 17.1. The van der Waals surface area contributed by atoms with E-state index in [-0.39, 0.29) is 0 Å². The van der Waals surface area contributed by atoms with Gasteiger partial charge in [0.15, 0.2) is 0 Å². The van der Waals surface area contributed by atoms with Crippen molar-refractivity contribution < 1.29 is 9.90 Å². The van der Waals surface area contributed by atoms with Gasteiger partial charge < -0.3 is 5.11 Å². The molecule has 0 bridgehead atoms. The number of unbranched alkanes of at least 4 members (excludes halogenated alkanes) is 10. The molecule has 22 heavy (non-hydrogen) atoms. The van der Waals surface area contributed by atoms with Crippen LogP contribution in [0.15, 0.2) is 24.3 Å². The summed E-state index contributed by atoms with van der Waals surface area (Å²) in [5.74, 6) is -0.678. The summed E-state index contributed by atoms with van der Waals surface area (Å²) in [4.78, 5) is 10.3. The van der Waals surface area contributed by atoms with Crippen LogP contribution in [0.1, 0.15) is 96.8 Å². The van der Waals surface area contributed by atoms with Crippen molar-refractivity contribution in [3.05, 3.63) is 24.3 Å². The van der Waals surface area contributed by atoms with E-state index < -0.39 is 5.97 Å². The van der Waals surface area contributed by atoms with Gasteiger partial charge in [-0.3, -0.25) is 4.79 Å². The largest absolute Gasteiger partial charge is 0.481 e. The molecule has 0 saturated heterocycles. The van der Waals surface area contributed by atoms with Crippen LogP contribution in [0.2, 0.25) is 0 Å². The molecule has 2 nitrogen and oxygen atoms in total. The minimum Gasteiger partial charge on any atom is -0.481 e. The highest BCUT2D eigenvalue weighted by Gasteiger charge is 1.94. The number of allylic oxidation sites excluding steroid dienone is 4. The van der Waals surface area contributed by atoms with Crippen LogP contribution in [0.3, 0.4) is 0 Å². The Hall–Kier alpha value is -1.05. The highest BCUT2D eigenvalue weighted by Crippen LogP contribution is 2.08. The summed E-state index contributed by atoms with van der Waals surface area (Å²) in [6.45, 7) is 2.26. The van der Waals surface area contributed by atoms with E-state index in [1.807, 2.05) is 0 Å². The molecule has 0 amide bonds. The molecule has 0 atom stereocenters. The van der Waals surface area contributed by atoms with Gasteiger partial charge in [0.05, 0.1) is 0 Å². The van der Waals surface area contributed by atoms with Crippen molar-refractivity contribution in [2.24, 2.45) is 0 Å². The lowest BCUT2D eigenvalue weighted by atomic mass is 10.1. The summed E-state index contributed by atoms with van der Waals surface area (Å²) in [6.07, 6.45) is 25.2. The molecule has 2 heteroatoms. The molecule has 128 valence electrons. The Bertz CT molecular complexity index is 292. The Morgan fingerprint density at radius 2 is 1.14 bits per heavy atom. The second-order valence-corrected chi connectivity index (χ2v) is 6.07. The standard InChI is InChI=1S/C20H36O2/c1-2-3-4-5-6-7-8-9-10-11-12-13-14-15-16-17-18-19-20(21)22/h9-10,13-14H,2-8,11-12,15-19H2,1H3,(H,21,22)/b10-9+,14-13+. The first kappa shape index (κ1) is 20.9. The maximum Gasteiger partial charge on any atom is 0.303 e. The highest BCUT2D eigenvalue weighted by molar-refractivity contribution is 5.66. The third-order valence-corrected chi connectivity index (χ3v) is 3.82. The van der Waals surface area contributed by atoms with Crippen molar-refractivity contribution in [2.45, 2.75) is 96.8 Å². The Morgan fingerprint density at radius 3 is 1.68 bits per heavy atom. The van der Waals surface area contributed by atoms with Crippen LogP contribution in [0, 0.1) is 0 Å². The van der Waals surface area contributed by atoms with E-state index in [0.717, 1.165) is 38.5 Å². The minimum atomic E-state index is -0.678. The highest BCUT2D eigenvalue weighted by atomic mass is 16.4. The molecule has 0 unspecified atom stereocenters. The van der Waals surface area contributed by atoms with E-state index >= 15 is 0 Å². The van der Waals surface area contributed by atoms with Crippen LogP contribution >= 0.6 is 0 Å².